The van der Waals surface area contributed by atoms with E-state index in [-0.39, 0.29) is 81.0 Å². The van der Waals surface area contributed by atoms with Gasteiger partial charge in [-0.2, -0.15) is 5.70 Å². The van der Waals surface area contributed by atoms with Crippen LogP contribution >= 0.6 is 0 Å². The average Bonchev–Trinajstić information content (AvgIpc) is 3.75. The number of primary amides is 2. The molecule has 5 rings (SSSR count). The van der Waals surface area contributed by atoms with Crippen molar-refractivity contribution in [1.82, 2.24) is 0 Å². The average molecular weight is 937 g/mol. The van der Waals surface area contributed by atoms with Crippen LogP contribution in [0.25, 0.3) is 5.32 Å². The number of carboxylic acid groups (broad SMARTS) is 5. The second-order valence-electron chi connectivity index (χ2n) is 19.5. The normalized spacial score (nSPS) is 32.5. The van der Waals surface area contributed by atoms with Gasteiger partial charge in [-0.15, -0.1) is 0 Å². The molecular formula is C45H61CoN6O12+. The Bertz CT molecular complexity index is 2230. The Kier molecular flexibility index (Phi) is 14.8. The fourth-order valence-electron chi connectivity index (χ4n) is 11.7. The molecule has 0 aromatic carbocycles. The molecule has 0 aromatic heterocycles. The quantitative estimate of drug-likeness (QED) is 0.0896. The maximum absolute atomic E-state index is 13.3. The Morgan fingerprint density at radius 2 is 1.17 bits per heavy atom. The monoisotopic (exact) mass is 936 g/mol. The summed E-state index contributed by atoms with van der Waals surface area (Å²) in [7, 11) is 0. The van der Waals surface area contributed by atoms with Gasteiger partial charge in [0.1, 0.15) is 0 Å². The number of nitrogens with two attached hydrogens (primary N) is 2. The van der Waals surface area contributed by atoms with Crippen molar-refractivity contribution in [2.45, 2.75) is 138 Å². The molecule has 0 unspecified atom stereocenters. The molecule has 18 nitrogen and oxygen atoms in total. The number of carbonyl (C=O) groups is 7. The third-order valence-corrected chi connectivity index (χ3v) is 15.2. The van der Waals surface area contributed by atoms with E-state index in [1.807, 2.05) is 13.8 Å². The number of hydrogen-bond acceptors (Lipinski definition) is 10. The van der Waals surface area contributed by atoms with E-state index in [1.165, 1.54) is 0 Å². The molecule has 5 heterocycles. The molecule has 351 valence electrons. The molecule has 0 spiro atoms. The van der Waals surface area contributed by atoms with Crippen LogP contribution in [0.2, 0.25) is 0 Å². The zero-order valence-electron chi connectivity index (χ0n) is 37.6. The van der Waals surface area contributed by atoms with Gasteiger partial charge in [0.2, 0.25) is 11.8 Å². The van der Waals surface area contributed by atoms with E-state index < -0.39 is 105 Å². The van der Waals surface area contributed by atoms with Gasteiger partial charge < -0.3 is 42.3 Å². The minimum absolute atomic E-state index is 0. The summed E-state index contributed by atoms with van der Waals surface area (Å²) in [6, 6.07) is -1.08. The fraction of sp³-hybridized carbons (Fsp3) is 0.644. The summed E-state index contributed by atoms with van der Waals surface area (Å²) in [4.78, 5) is 104. The molecule has 9 N–H and O–H groups in total. The summed E-state index contributed by atoms with van der Waals surface area (Å²) in [5.74, 6) is -10.2. The van der Waals surface area contributed by atoms with Gasteiger partial charge >= 0.3 is 46.6 Å². The minimum Gasteiger partial charge on any atom is -0.682 e. The van der Waals surface area contributed by atoms with Gasteiger partial charge in [-0.05, 0) is 75.0 Å². The van der Waals surface area contributed by atoms with E-state index in [0.29, 0.717) is 45.4 Å². The number of aliphatic carboxylic acids is 5. The number of carboxylic acids is 5. The van der Waals surface area contributed by atoms with Crippen molar-refractivity contribution >= 4 is 58.8 Å². The number of nitrogens with zero attached hydrogens (tertiary/aromatic N) is 4. The molecule has 19 heteroatoms. The first-order valence-electron chi connectivity index (χ1n) is 21.3. The van der Waals surface area contributed by atoms with Gasteiger partial charge in [0.05, 0.1) is 11.2 Å². The molecule has 64 heavy (non-hydrogen) atoms. The largest absolute Gasteiger partial charge is 2.00 e. The van der Waals surface area contributed by atoms with Crippen LogP contribution in [0.3, 0.4) is 0 Å². The van der Waals surface area contributed by atoms with Gasteiger partial charge in [0.25, 0.3) is 0 Å². The zero-order valence-corrected chi connectivity index (χ0v) is 38.7. The van der Waals surface area contributed by atoms with E-state index >= 15 is 0 Å². The molecule has 9 atom stereocenters. The second-order valence-corrected chi connectivity index (χ2v) is 19.5. The summed E-state index contributed by atoms with van der Waals surface area (Å²) in [5, 5.41) is 56.0. The van der Waals surface area contributed by atoms with Crippen LogP contribution in [0.15, 0.2) is 49.3 Å². The van der Waals surface area contributed by atoms with Crippen LogP contribution in [-0.4, -0.2) is 95.9 Å². The van der Waals surface area contributed by atoms with E-state index in [4.69, 9.17) is 31.8 Å². The van der Waals surface area contributed by atoms with E-state index in [9.17, 15) is 59.1 Å². The topological polar surface area (TPSA) is 324 Å². The van der Waals surface area contributed by atoms with Crippen molar-refractivity contribution < 1.29 is 75.9 Å². The molecule has 0 aliphatic carbocycles. The molecule has 0 saturated carbocycles. The van der Waals surface area contributed by atoms with Crippen molar-refractivity contribution in [2.24, 2.45) is 71.8 Å². The Morgan fingerprint density at radius 1 is 0.656 bits per heavy atom. The number of allylic oxidation sites excluding steroid dienone is 6. The summed E-state index contributed by atoms with van der Waals surface area (Å²) in [6.07, 6.45) is -0.675. The van der Waals surface area contributed by atoms with Crippen LogP contribution in [0, 0.1) is 45.3 Å². The number of hydrogen-bond donors (Lipinski definition) is 7. The molecule has 5 aliphatic rings. The van der Waals surface area contributed by atoms with Crippen molar-refractivity contribution in [3.8, 4) is 0 Å². The molecule has 1 saturated heterocycles. The maximum atomic E-state index is 13.3. The first-order valence-corrected chi connectivity index (χ1v) is 21.3. The first-order chi connectivity index (χ1) is 29.0. The molecule has 0 aromatic rings. The Labute approximate surface area is 382 Å². The molecule has 5 aliphatic heterocycles. The molecule has 1 radical (unpaired) electrons. The van der Waals surface area contributed by atoms with Crippen molar-refractivity contribution in [1.29, 1.82) is 0 Å². The van der Waals surface area contributed by atoms with E-state index in [0.717, 1.165) is 0 Å². The number of amides is 2. The first kappa shape index (κ1) is 51.5. The third kappa shape index (κ3) is 9.06. The predicted octanol–water partition coefficient (Wildman–Crippen LogP) is 5.50. The fourth-order valence-corrected chi connectivity index (χ4v) is 11.7. The maximum Gasteiger partial charge on any atom is 2.00 e. The van der Waals surface area contributed by atoms with Gasteiger partial charge in [0.15, 0.2) is 0 Å². The standard InChI is InChI=1S/C45H62N6O12.Co/c1-21-36-24(10-13-32(56)57)41(3,4)28(49-36)18-27-23(9-12-31(54)55)43(6,19-29(46)52)39(48-27)22(2)37-25(11-14-33(58)59)44(7,20-30(47)53)45(8,51-37)40-26(17-35(62)63)42(5,38(21)50-40)16-15-34(60)61;/h18,23-26,40H,9-17,19-20H2,1-8H3,(H10,46,47,48,49,50,51,52,53,54,55,56,57,58,59,60,61,62,63);/q;+2/p-1/t23-,24-,25-,26+,40-,42-,43+,44+,45+;/m1./s1. The summed E-state index contributed by atoms with van der Waals surface area (Å²) in [6.45, 7) is 14.3. The Hall–Kier alpha value is -5.17. The van der Waals surface area contributed by atoms with Crippen LogP contribution in [0.5, 0.6) is 0 Å². The van der Waals surface area contributed by atoms with Crippen LogP contribution < -0.4 is 11.5 Å². The summed E-state index contributed by atoms with van der Waals surface area (Å²) < 4.78 is 0. The van der Waals surface area contributed by atoms with Crippen molar-refractivity contribution in [3.63, 3.8) is 0 Å². The van der Waals surface area contributed by atoms with Gasteiger partial charge in [-0.25, -0.2) is 0 Å². The predicted molar refractivity (Wildman–Crippen MR) is 231 cm³/mol. The van der Waals surface area contributed by atoms with Gasteiger partial charge in [-0.3, -0.25) is 48.5 Å². The number of fused-ring (bicyclic) bond motifs is 6. The molecular weight excluding hydrogens is 875 g/mol. The number of aliphatic imine (C=N–C) groups is 3. The van der Waals surface area contributed by atoms with E-state index in [2.05, 4.69) is 0 Å². The minimum atomic E-state index is -1.54. The SMILES string of the molecule is CC1=C2[N-][C@H]([C@H](CC(=O)O)[C@@]2(C)CCC(=O)O)[C@]2(C)N=C(C(C)=C3N=C(C=C4N=C1[C@@H](CCC(=O)O)C4(C)C)[C@@H](CCC(=O)O)[C@]3(C)CC(N)=O)[C@@H](CCC(=O)O)[C@]2(C)CC(N)=O.[Co+2]. The van der Waals surface area contributed by atoms with Gasteiger partial charge in [-0.1, -0.05) is 40.7 Å². The molecule has 8 bridgehead atoms. The Morgan fingerprint density at radius 3 is 1.67 bits per heavy atom. The third-order valence-electron chi connectivity index (χ3n) is 15.2. The van der Waals surface area contributed by atoms with Crippen LogP contribution in [-0.2, 0) is 50.3 Å². The second kappa shape index (κ2) is 18.4. The van der Waals surface area contributed by atoms with E-state index in [1.54, 1.807) is 47.6 Å². The summed E-state index contributed by atoms with van der Waals surface area (Å²) in [5.41, 5.74) is 8.91. The van der Waals surface area contributed by atoms with Crippen LogP contribution in [0.1, 0.15) is 126 Å². The Balaban J connectivity index is 0.00000898. The van der Waals surface area contributed by atoms with Crippen LogP contribution in [0.4, 0.5) is 0 Å². The number of carbonyl (C=O) groups excluding carboxylic acids is 2. The summed E-state index contributed by atoms with van der Waals surface area (Å²) >= 11 is 0. The molecule has 2 amide bonds. The van der Waals surface area contributed by atoms with Crippen molar-refractivity contribution in [2.75, 3.05) is 0 Å². The molecule has 1 fully saturated rings. The van der Waals surface area contributed by atoms with Crippen molar-refractivity contribution in [3.05, 3.63) is 39.6 Å². The zero-order chi connectivity index (χ0) is 47.4. The smallest absolute Gasteiger partial charge is 0.682 e. The number of rotatable bonds is 18. The van der Waals surface area contributed by atoms with Gasteiger partial charge in [0, 0.05) is 102 Å².